The van der Waals surface area contributed by atoms with Gasteiger partial charge < -0.3 is 14.5 Å². The molecule has 1 aromatic heterocycles. The molecule has 0 unspecified atom stereocenters. The fourth-order valence-corrected chi connectivity index (χ4v) is 5.82. The van der Waals surface area contributed by atoms with Gasteiger partial charge in [-0.2, -0.15) is 0 Å². The number of benzene rings is 1. The van der Waals surface area contributed by atoms with Crippen molar-refractivity contribution in [3.05, 3.63) is 30.6 Å². The highest BCUT2D eigenvalue weighted by molar-refractivity contribution is 5.89. The first kappa shape index (κ1) is 20.7. The lowest BCUT2D eigenvalue weighted by molar-refractivity contribution is -0.142. The lowest BCUT2D eigenvalue weighted by atomic mass is 9.85. The van der Waals surface area contributed by atoms with Crippen molar-refractivity contribution in [2.75, 3.05) is 37.7 Å². The SMILES string of the molecule is O=C(C1CCOCC1)N1CCCCC[C@H]1C1CCN(c2ncnc3ccccc23)CC1. The van der Waals surface area contributed by atoms with E-state index in [1.807, 2.05) is 6.07 Å². The number of para-hydroxylation sites is 1. The first-order chi connectivity index (χ1) is 15.3. The van der Waals surface area contributed by atoms with Gasteiger partial charge in [-0.1, -0.05) is 25.0 Å². The standard InChI is InChI=1S/C25H34N4O2/c30-25(20-11-16-31-17-12-20)29-13-5-1-2-8-23(29)19-9-14-28(15-10-19)24-21-6-3-4-7-22(21)26-18-27-24/h3-4,6-7,18-20,23H,1-2,5,8-17H2/t23-/m0/s1. The molecule has 6 nitrogen and oxygen atoms in total. The Morgan fingerprint density at radius 1 is 0.903 bits per heavy atom. The second-order valence-corrected chi connectivity index (χ2v) is 9.37. The van der Waals surface area contributed by atoms with E-state index in [0.717, 1.165) is 88.1 Å². The van der Waals surface area contributed by atoms with Crippen LogP contribution in [0, 0.1) is 11.8 Å². The first-order valence-corrected chi connectivity index (χ1v) is 12.1. The molecule has 0 N–H and O–H groups in total. The molecule has 5 rings (SSSR count). The largest absolute Gasteiger partial charge is 0.381 e. The fourth-order valence-electron chi connectivity index (χ4n) is 5.82. The number of carbonyl (C=O) groups excluding carboxylic acids is 1. The molecule has 0 bridgehead atoms. The molecule has 166 valence electrons. The number of hydrogen-bond donors (Lipinski definition) is 0. The van der Waals surface area contributed by atoms with Gasteiger partial charge in [0.15, 0.2) is 0 Å². The predicted octanol–water partition coefficient (Wildman–Crippen LogP) is 4.04. The molecule has 6 heteroatoms. The van der Waals surface area contributed by atoms with Gasteiger partial charge in [0.2, 0.25) is 5.91 Å². The number of ether oxygens (including phenoxy) is 1. The van der Waals surface area contributed by atoms with Crippen molar-refractivity contribution >= 4 is 22.6 Å². The third-order valence-electron chi connectivity index (χ3n) is 7.56. The molecule has 31 heavy (non-hydrogen) atoms. The lowest BCUT2D eigenvalue weighted by Gasteiger charge is -2.42. The summed E-state index contributed by atoms with van der Waals surface area (Å²) in [7, 11) is 0. The molecule has 3 aliphatic rings. The maximum Gasteiger partial charge on any atom is 0.226 e. The Bertz CT molecular complexity index is 885. The van der Waals surface area contributed by atoms with Gasteiger partial charge in [-0.15, -0.1) is 0 Å². The number of hydrogen-bond acceptors (Lipinski definition) is 5. The summed E-state index contributed by atoms with van der Waals surface area (Å²) in [5.41, 5.74) is 1.01. The van der Waals surface area contributed by atoms with E-state index in [4.69, 9.17) is 4.74 Å². The maximum absolute atomic E-state index is 13.4. The molecule has 1 atom stereocenters. The Kier molecular flexibility index (Phi) is 6.35. The zero-order valence-corrected chi connectivity index (χ0v) is 18.4. The average molecular weight is 423 g/mol. The highest BCUT2D eigenvalue weighted by atomic mass is 16.5. The van der Waals surface area contributed by atoms with Gasteiger partial charge >= 0.3 is 0 Å². The molecule has 3 saturated heterocycles. The summed E-state index contributed by atoms with van der Waals surface area (Å²) < 4.78 is 5.50. The molecular formula is C25H34N4O2. The summed E-state index contributed by atoms with van der Waals surface area (Å²) in [5.74, 6) is 2.22. The summed E-state index contributed by atoms with van der Waals surface area (Å²) in [6.45, 7) is 4.42. The molecule has 0 spiro atoms. The Morgan fingerprint density at radius 2 is 1.71 bits per heavy atom. The van der Waals surface area contributed by atoms with Gasteiger partial charge in [-0.3, -0.25) is 4.79 Å². The molecule has 0 aliphatic carbocycles. The van der Waals surface area contributed by atoms with Crippen molar-refractivity contribution in [3.63, 3.8) is 0 Å². The van der Waals surface area contributed by atoms with Crippen molar-refractivity contribution in [3.8, 4) is 0 Å². The summed E-state index contributed by atoms with van der Waals surface area (Å²) in [6, 6.07) is 8.67. The zero-order chi connectivity index (χ0) is 21.0. The Labute approximate surface area is 185 Å². The molecule has 3 fully saturated rings. The van der Waals surface area contributed by atoms with Crippen LogP contribution in [-0.4, -0.2) is 59.7 Å². The molecule has 4 heterocycles. The molecule has 2 aromatic rings. The number of rotatable bonds is 3. The van der Waals surface area contributed by atoms with Gasteiger partial charge in [0.05, 0.1) is 5.52 Å². The van der Waals surface area contributed by atoms with Gasteiger partial charge in [0.1, 0.15) is 12.1 Å². The molecular weight excluding hydrogens is 388 g/mol. The lowest BCUT2D eigenvalue weighted by Crippen LogP contribution is -2.50. The summed E-state index contributed by atoms with van der Waals surface area (Å²) >= 11 is 0. The number of carbonyl (C=O) groups is 1. The van der Waals surface area contributed by atoms with Gasteiger partial charge in [-0.05, 0) is 56.6 Å². The van der Waals surface area contributed by atoms with E-state index in [1.54, 1.807) is 6.33 Å². The van der Waals surface area contributed by atoms with Crippen LogP contribution in [0.1, 0.15) is 51.4 Å². The van der Waals surface area contributed by atoms with Gasteiger partial charge in [0, 0.05) is 50.2 Å². The van der Waals surface area contributed by atoms with Crippen LogP contribution in [0.4, 0.5) is 5.82 Å². The molecule has 1 amide bonds. The van der Waals surface area contributed by atoms with E-state index in [-0.39, 0.29) is 5.92 Å². The van der Waals surface area contributed by atoms with Crippen molar-refractivity contribution in [2.24, 2.45) is 11.8 Å². The number of amides is 1. The quantitative estimate of drug-likeness (QED) is 0.747. The Hall–Kier alpha value is -2.21. The first-order valence-electron chi connectivity index (χ1n) is 12.1. The van der Waals surface area contributed by atoms with E-state index < -0.39 is 0 Å². The minimum absolute atomic E-state index is 0.168. The minimum Gasteiger partial charge on any atom is -0.381 e. The van der Waals surface area contributed by atoms with E-state index in [1.165, 1.54) is 12.8 Å². The third kappa shape index (κ3) is 4.40. The van der Waals surface area contributed by atoms with Crippen LogP contribution < -0.4 is 4.90 Å². The van der Waals surface area contributed by atoms with E-state index in [2.05, 4.69) is 38.0 Å². The number of likely N-dealkylation sites (tertiary alicyclic amines) is 1. The van der Waals surface area contributed by atoms with Crippen molar-refractivity contribution in [1.82, 2.24) is 14.9 Å². The molecule has 1 aromatic carbocycles. The van der Waals surface area contributed by atoms with Crippen molar-refractivity contribution in [1.29, 1.82) is 0 Å². The normalized spacial score (nSPS) is 24.3. The molecule has 3 aliphatic heterocycles. The Balaban J connectivity index is 1.29. The van der Waals surface area contributed by atoms with Crippen LogP contribution in [-0.2, 0) is 9.53 Å². The predicted molar refractivity (Wildman–Crippen MR) is 122 cm³/mol. The number of anilines is 1. The minimum atomic E-state index is 0.168. The maximum atomic E-state index is 13.4. The zero-order valence-electron chi connectivity index (χ0n) is 18.4. The van der Waals surface area contributed by atoms with Crippen LogP contribution in [0.25, 0.3) is 10.9 Å². The average Bonchev–Trinajstić information content (AvgIpc) is 3.10. The number of nitrogens with zero attached hydrogens (tertiary/aromatic N) is 4. The summed E-state index contributed by atoms with van der Waals surface area (Å²) in [4.78, 5) is 27.2. The second-order valence-electron chi connectivity index (χ2n) is 9.37. The number of piperidine rings is 1. The summed E-state index contributed by atoms with van der Waals surface area (Å²) in [5, 5.41) is 1.13. The van der Waals surface area contributed by atoms with Crippen LogP contribution in [0.3, 0.4) is 0 Å². The number of fused-ring (bicyclic) bond motifs is 1. The fraction of sp³-hybridized carbons (Fsp3) is 0.640. The van der Waals surface area contributed by atoms with Crippen LogP contribution in [0.2, 0.25) is 0 Å². The van der Waals surface area contributed by atoms with Crippen molar-refractivity contribution in [2.45, 2.75) is 57.4 Å². The van der Waals surface area contributed by atoms with Gasteiger partial charge in [0.25, 0.3) is 0 Å². The van der Waals surface area contributed by atoms with E-state index >= 15 is 0 Å². The molecule has 0 saturated carbocycles. The molecule has 0 radical (unpaired) electrons. The van der Waals surface area contributed by atoms with Crippen LogP contribution in [0.5, 0.6) is 0 Å². The summed E-state index contributed by atoms with van der Waals surface area (Å²) in [6.07, 6.45) is 10.5. The van der Waals surface area contributed by atoms with Crippen LogP contribution in [0.15, 0.2) is 30.6 Å². The second kappa shape index (κ2) is 9.51. The monoisotopic (exact) mass is 422 g/mol. The third-order valence-corrected chi connectivity index (χ3v) is 7.56. The van der Waals surface area contributed by atoms with Gasteiger partial charge in [-0.25, -0.2) is 9.97 Å². The van der Waals surface area contributed by atoms with E-state index in [0.29, 0.717) is 17.9 Å². The highest BCUT2D eigenvalue weighted by Crippen LogP contribution is 2.34. The van der Waals surface area contributed by atoms with Crippen molar-refractivity contribution < 1.29 is 9.53 Å². The number of aromatic nitrogens is 2. The highest BCUT2D eigenvalue weighted by Gasteiger charge is 2.37. The Morgan fingerprint density at radius 3 is 2.55 bits per heavy atom. The van der Waals surface area contributed by atoms with Crippen LogP contribution >= 0.6 is 0 Å². The van der Waals surface area contributed by atoms with E-state index in [9.17, 15) is 4.79 Å². The topological polar surface area (TPSA) is 58.6 Å². The smallest absolute Gasteiger partial charge is 0.226 e.